The zero-order valence-corrected chi connectivity index (χ0v) is 14.8. The van der Waals surface area contributed by atoms with Gasteiger partial charge in [0.1, 0.15) is 0 Å². The van der Waals surface area contributed by atoms with E-state index in [2.05, 4.69) is 42.8 Å². The molecule has 3 aromatic heterocycles. The lowest BCUT2D eigenvalue weighted by Crippen LogP contribution is -2.22. The van der Waals surface area contributed by atoms with Crippen LogP contribution in [0.3, 0.4) is 0 Å². The fourth-order valence-corrected chi connectivity index (χ4v) is 4.49. The van der Waals surface area contributed by atoms with Crippen LogP contribution < -0.4 is 4.90 Å². The van der Waals surface area contributed by atoms with Gasteiger partial charge in [0, 0.05) is 19.0 Å². The lowest BCUT2D eigenvalue weighted by molar-refractivity contribution is 0.709. The maximum Gasteiger partial charge on any atom is 0.188 e. The summed E-state index contributed by atoms with van der Waals surface area (Å²) in [5.41, 5.74) is 3.14. The van der Waals surface area contributed by atoms with E-state index in [1.54, 1.807) is 22.7 Å². The second-order valence-corrected chi connectivity index (χ2v) is 7.70. The van der Waals surface area contributed by atoms with E-state index < -0.39 is 0 Å². The predicted molar refractivity (Wildman–Crippen MR) is 89.5 cm³/mol. The number of aromatic nitrogens is 4. The van der Waals surface area contributed by atoms with Gasteiger partial charge in [-0.05, 0) is 27.7 Å². The molecule has 3 aromatic rings. The molecule has 0 radical (unpaired) electrons. The predicted octanol–water partition coefficient (Wildman–Crippen LogP) is 3.61. The van der Waals surface area contributed by atoms with E-state index in [4.69, 9.17) is 4.98 Å². The minimum Gasteiger partial charge on any atom is -0.343 e. The van der Waals surface area contributed by atoms with Crippen molar-refractivity contribution in [2.45, 2.75) is 33.7 Å². The molecule has 0 spiro atoms. The first-order valence-corrected chi connectivity index (χ1v) is 8.48. The molecule has 0 aliphatic rings. The fraction of sp³-hybridized carbons (Fsp3) is 0.500. The monoisotopic (exact) mass is 321 g/mol. The van der Waals surface area contributed by atoms with Crippen molar-refractivity contribution >= 4 is 38.2 Å². The van der Waals surface area contributed by atoms with E-state index in [-0.39, 0.29) is 6.04 Å². The lowest BCUT2D eigenvalue weighted by Gasteiger charge is -2.23. The summed E-state index contributed by atoms with van der Waals surface area (Å²) in [6.07, 6.45) is 0. The van der Waals surface area contributed by atoms with Crippen LogP contribution in [0.2, 0.25) is 0 Å². The molecule has 7 heteroatoms. The number of thiazole rings is 2. The highest BCUT2D eigenvalue weighted by Crippen LogP contribution is 2.35. The minimum atomic E-state index is 0.212. The number of nitrogens with zero attached hydrogens (tertiary/aromatic N) is 5. The molecule has 3 rings (SSSR count). The fourth-order valence-electron chi connectivity index (χ4n) is 2.51. The number of aryl methyl sites for hydroxylation is 4. The summed E-state index contributed by atoms with van der Waals surface area (Å²) in [5, 5.41) is 6.54. The third-order valence-electron chi connectivity index (χ3n) is 3.75. The lowest BCUT2D eigenvalue weighted by atomic mass is 10.2. The maximum absolute atomic E-state index is 4.74. The number of anilines is 1. The summed E-state index contributed by atoms with van der Waals surface area (Å²) < 4.78 is 3.01. The largest absolute Gasteiger partial charge is 0.343 e. The highest BCUT2D eigenvalue weighted by Gasteiger charge is 2.22. The average molecular weight is 321 g/mol. The number of hydrogen-bond donors (Lipinski definition) is 0. The van der Waals surface area contributed by atoms with Crippen molar-refractivity contribution in [1.82, 2.24) is 19.7 Å². The second-order valence-electron chi connectivity index (χ2n) is 5.32. The van der Waals surface area contributed by atoms with E-state index in [0.717, 1.165) is 31.9 Å². The Morgan fingerprint density at radius 1 is 1.14 bits per heavy atom. The Balaban J connectivity index is 1.97. The van der Waals surface area contributed by atoms with Crippen LogP contribution in [0.5, 0.6) is 0 Å². The molecule has 21 heavy (non-hydrogen) atoms. The van der Waals surface area contributed by atoms with Crippen LogP contribution in [-0.2, 0) is 7.05 Å². The highest BCUT2D eigenvalue weighted by atomic mass is 32.1. The van der Waals surface area contributed by atoms with Crippen LogP contribution in [0.4, 0.5) is 5.13 Å². The Labute approximate surface area is 132 Å². The van der Waals surface area contributed by atoms with E-state index in [1.165, 1.54) is 4.88 Å². The van der Waals surface area contributed by atoms with Crippen molar-refractivity contribution < 1.29 is 0 Å². The van der Waals surface area contributed by atoms with Gasteiger partial charge in [0.25, 0.3) is 0 Å². The van der Waals surface area contributed by atoms with Crippen molar-refractivity contribution in [2.24, 2.45) is 7.05 Å². The molecular formula is C14H19N5S2. The van der Waals surface area contributed by atoms with Gasteiger partial charge >= 0.3 is 0 Å². The van der Waals surface area contributed by atoms with Gasteiger partial charge in [-0.2, -0.15) is 5.10 Å². The van der Waals surface area contributed by atoms with E-state index in [0.29, 0.717) is 0 Å². The SMILES string of the molecule is Cc1nc([C@@H](C)N(C)c2nc3c(s2)c(C)nn3C)c(C)s1. The van der Waals surface area contributed by atoms with Crippen molar-refractivity contribution in [3.05, 3.63) is 21.3 Å². The summed E-state index contributed by atoms with van der Waals surface area (Å²) in [7, 11) is 4.02. The van der Waals surface area contributed by atoms with Gasteiger partial charge in [0.15, 0.2) is 10.8 Å². The van der Waals surface area contributed by atoms with Gasteiger partial charge in [-0.15, -0.1) is 11.3 Å². The third kappa shape index (κ3) is 2.34. The Kier molecular flexibility index (Phi) is 3.49. The minimum absolute atomic E-state index is 0.212. The summed E-state index contributed by atoms with van der Waals surface area (Å²) in [6.45, 7) is 8.40. The molecule has 0 N–H and O–H groups in total. The van der Waals surface area contributed by atoms with Crippen molar-refractivity contribution in [1.29, 1.82) is 0 Å². The zero-order valence-electron chi connectivity index (χ0n) is 13.1. The molecule has 1 atom stereocenters. The molecular weight excluding hydrogens is 302 g/mol. The summed E-state index contributed by atoms with van der Waals surface area (Å²) in [5.74, 6) is 0. The van der Waals surface area contributed by atoms with Crippen LogP contribution in [0.15, 0.2) is 0 Å². The van der Waals surface area contributed by atoms with E-state index >= 15 is 0 Å². The topological polar surface area (TPSA) is 46.8 Å². The Hall–Kier alpha value is -1.47. The second kappa shape index (κ2) is 5.06. The quantitative estimate of drug-likeness (QED) is 0.739. The molecule has 0 unspecified atom stereocenters. The molecule has 5 nitrogen and oxygen atoms in total. The van der Waals surface area contributed by atoms with Crippen LogP contribution in [-0.4, -0.2) is 26.8 Å². The van der Waals surface area contributed by atoms with Gasteiger partial charge in [-0.25, -0.2) is 14.6 Å². The Morgan fingerprint density at radius 3 is 2.43 bits per heavy atom. The van der Waals surface area contributed by atoms with Crippen LogP contribution in [0.25, 0.3) is 10.3 Å². The van der Waals surface area contributed by atoms with Crippen LogP contribution >= 0.6 is 22.7 Å². The van der Waals surface area contributed by atoms with E-state index in [1.807, 2.05) is 18.7 Å². The van der Waals surface area contributed by atoms with Crippen molar-refractivity contribution in [3.8, 4) is 0 Å². The molecule has 112 valence electrons. The maximum atomic E-state index is 4.74. The number of rotatable bonds is 3. The third-order valence-corrected chi connectivity index (χ3v) is 5.90. The van der Waals surface area contributed by atoms with E-state index in [9.17, 15) is 0 Å². The number of hydrogen-bond acceptors (Lipinski definition) is 6. The molecule has 0 aromatic carbocycles. The van der Waals surface area contributed by atoms with Crippen LogP contribution in [0, 0.1) is 20.8 Å². The summed E-state index contributed by atoms with van der Waals surface area (Å²) >= 11 is 3.45. The van der Waals surface area contributed by atoms with Crippen LogP contribution in [0.1, 0.15) is 34.2 Å². The summed E-state index contributed by atoms with van der Waals surface area (Å²) in [6, 6.07) is 0.212. The number of fused-ring (bicyclic) bond motifs is 1. The molecule has 0 saturated heterocycles. The molecule has 0 aliphatic heterocycles. The smallest absolute Gasteiger partial charge is 0.188 e. The molecule has 0 aliphatic carbocycles. The zero-order chi connectivity index (χ0) is 15.3. The highest BCUT2D eigenvalue weighted by molar-refractivity contribution is 7.22. The Morgan fingerprint density at radius 2 is 1.86 bits per heavy atom. The normalized spacial score (nSPS) is 13.0. The molecule has 0 bridgehead atoms. The first-order chi connectivity index (χ1) is 9.88. The summed E-state index contributed by atoms with van der Waals surface area (Å²) in [4.78, 5) is 12.9. The molecule has 0 amide bonds. The van der Waals surface area contributed by atoms with Gasteiger partial charge < -0.3 is 4.90 Å². The van der Waals surface area contributed by atoms with Gasteiger partial charge in [0.05, 0.1) is 27.1 Å². The van der Waals surface area contributed by atoms with Crippen molar-refractivity contribution in [2.75, 3.05) is 11.9 Å². The molecule has 0 fully saturated rings. The Bertz CT molecular complexity index is 763. The standard InChI is InChI=1S/C14H19N5S2/c1-7-12-13(19(6)17-7)16-14(21-12)18(5)8(2)11-9(3)20-10(4)15-11/h8H,1-6H3/t8-/m1/s1. The molecule has 3 heterocycles. The van der Waals surface area contributed by atoms with Gasteiger partial charge in [0.2, 0.25) is 0 Å². The first kappa shape index (κ1) is 14.5. The van der Waals surface area contributed by atoms with Crippen molar-refractivity contribution in [3.63, 3.8) is 0 Å². The first-order valence-electron chi connectivity index (χ1n) is 6.85. The van der Waals surface area contributed by atoms with Gasteiger partial charge in [-0.3, -0.25) is 0 Å². The van der Waals surface area contributed by atoms with Gasteiger partial charge in [-0.1, -0.05) is 11.3 Å². The average Bonchev–Trinajstić information content (AvgIpc) is 3.06. The molecule has 0 saturated carbocycles.